The fourth-order valence-electron chi connectivity index (χ4n) is 3.27. The van der Waals surface area contributed by atoms with Crippen molar-refractivity contribution in [3.05, 3.63) is 59.1 Å². The van der Waals surface area contributed by atoms with Crippen molar-refractivity contribution < 1.29 is 17.9 Å². The summed E-state index contributed by atoms with van der Waals surface area (Å²) in [5, 5.41) is 0.378. The molecule has 1 aliphatic rings. The summed E-state index contributed by atoms with van der Waals surface area (Å²) < 4.78 is 31.5. The molecule has 28 heavy (non-hydrogen) atoms. The summed E-state index contributed by atoms with van der Waals surface area (Å²) >= 11 is 6.05. The molecule has 0 spiro atoms. The number of nitrogens with zero attached hydrogens (tertiary/aromatic N) is 1. The molecule has 3 rings (SSSR count). The lowest BCUT2D eigenvalue weighted by molar-refractivity contribution is 0.0634. The number of benzene rings is 2. The number of likely N-dealkylation sites (tertiary alicyclic amines) is 1. The first-order valence-electron chi connectivity index (χ1n) is 9.06. The lowest BCUT2D eigenvalue weighted by Crippen LogP contribution is -2.41. The van der Waals surface area contributed by atoms with Gasteiger partial charge in [-0.15, -0.1) is 0 Å². The minimum atomic E-state index is -3.51. The first-order valence-corrected chi connectivity index (χ1v) is 11.3. The Labute approximate surface area is 170 Å². The Morgan fingerprint density at radius 3 is 2.71 bits per heavy atom. The zero-order chi connectivity index (χ0) is 20.1. The summed E-state index contributed by atoms with van der Waals surface area (Å²) in [6.45, 7) is 1.69. The van der Waals surface area contributed by atoms with Crippen LogP contribution in [0.1, 0.15) is 23.2 Å². The number of sulfonamides is 1. The van der Waals surface area contributed by atoms with Crippen LogP contribution in [0.5, 0.6) is 5.75 Å². The Kier molecular flexibility index (Phi) is 6.46. The molecule has 0 radical (unpaired) electrons. The van der Waals surface area contributed by atoms with Crippen LogP contribution in [0, 0.1) is 5.92 Å². The topological polar surface area (TPSA) is 75.7 Å². The van der Waals surface area contributed by atoms with Crippen molar-refractivity contribution in [2.24, 2.45) is 5.92 Å². The van der Waals surface area contributed by atoms with E-state index in [1.165, 1.54) is 12.1 Å². The first-order chi connectivity index (χ1) is 13.3. The van der Waals surface area contributed by atoms with Crippen LogP contribution >= 0.6 is 11.6 Å². The smallest absolute Gasteiger partial charge is 0.256 e. The molecule has 1 aliphatic heterocycles. The van der Waals surface area contributed by atoms with E-state index in [-0.39, 0.29) is 23.1 Å². The molecule has 150 valence electrons. The van der Waals surface area contributed by atoms with Gasteiger partial charge in [0.05, 0.1) is 24.1 Å². The summed E-state index contributed by atoms with van der Waals surface area (Å²) in [7, 11) is -3.51. The van der Waals surface area contributed by atoms with Crippen LogP contribution < -0.4 is 9.46 Å². The van der Waals surface area contributed by atoms with E-state index in [0.29, 0.717) is 24.7 Å². The van der Waals surface area contributed by atoms with Gasteiger partial charge in [-0.25, -0.2) is 8.42 Å². The largest absolute Gasteiger partial charge is 0.493 e. The molecule has 0 aliphatic carbocycles. The van der Waals surface area contributed by atoms with E-state index in [1.54, 1.807) is 11.0 Å². The number of carbonyl (C=O) groups is 1. The number of ether oxygens (including phenoxy) is 1. The van der Waals surface area contributed by atoms with E-state index in [0.717, 1.165) is 24.8 Å². The highest BCUT2D eigenvalue weighted by Crippen LogP contribution is 2.26. The first kappa shape index (κ1) is 20.5. The van der Waals surface area contributed by atoms with Crippen molar-refractivity contribution in [3.8, 4) is 5.75 Å². The van der Waals surface area contributed by atoms with E-state index >= 15 is 0 Å². The Balaban J connectivity index is 1.71. The van der Waals surface area contributed by atoms with Crippen LogP contribution in [0.25, 0.3) is 0 Å². The number of para-hydroxylation sites is 1. The van der Waals surface area contributed by atoms with Crippen molar-refractivity contribution >= 4 is 33.2 Å². The number of hydrogen-bond acceptors (Lipinski definition) is 4. The van der Waals surface area contributed by atoms with Gasteiger partial charge in [0.25, 0.3) is 5.91 Å². The molecule has 1 atom stereocenters. The van der Waals surface area contributed by atoms with Crippen LogP contribution in [0.4, 0.5) is 5.69 Å². The number of halogens is 1. The maximum absolute atomic E-state index is 13.1. The molecule has 1 fully saturated rings. The van der Waals surface area contributed by atoms with E-state index in [9.17, 15) is 13.2 Å². The number of hydrogen-bond donors (Lipinski definition) is 1. The zero-order valence-electron chi connectivity index (χ0n) is 15.6. The van der Waals surface area contributed by atoms with E-state index in [1.807, 2.05) is 30.3 Å². The van der Waals surface area contributed by atoms with Crippen LogP contribution in [0.2, 0.25) is 5.02 Å². The second-order valence-electron chi connectivity index (χ2n) is 6.95. The average molecular weight is 423 g/mol. The molecule has 1 heterocycles. The maximum Gasteiger partial charge on any atom is 0.256 e. The number of nitrogens with one attached hydrogen (secondary N) is 1. The molecule has 1 N–H and O–H groups in total. The summed E-state index contributed by atoms with van der Waals surface area (Å²) in [5.74, 6) is 0.780. The molecule has 6 nitrogen and oxygen atoms in total. The van der Waals surface area contributed by atoms with Gasteiger partial charge in [0, 0.05) is 24.0 Å². The lowest BCUT2D eigenvalue weighted by Gasteiger charge is -2.33. The minimum Gasteiger partial charge on any atom is -0.493 e. The van der Waals surface area contributed by atoms with E-state index in [2.05, 4.69) is 4.72 Å². The molecule has 0 aromatic heterocycles. The van der Waals surface area contributed by atoms with Crippen molar-refractivity contribution in [2.75, 3.05) is 30.7 Å². The third-order valence-corrected chi connectivity index (χ3v) is 5.37. The van der Waals surface area contributed by atoms with Crippen molar-refractivity contribution in [1.82, 2.24) is 4.90 Å². The highest BCUT2D eigenvalue weighted by Gasteiger charge is 2.27. The fraction of sp³-hybridized carbons (Fsp3) is 0.350. The summed E-state index contributed by atoms with van der Waals surface area (Å²) in [6.07, 6.45) is 2.89. The Bertz CT molecular complexity index is 934. The maximum atomic E-state index is 13.1. The normalized spacial score (nSPS) is 17.2. The zero-order valence-corrected chi connectivity index (χ0v) is 17.2. The summed E-state index contributed by atoms with van der Waals surface area (Å²) in [5.41, 5.74) is 0.488. The molecular formula is C20H23ClN2O4S. The van der Waals surface area contributed by atoms with Gasteiger partial charge in [-0.3, -0.25) is 9.52 Å². The Hall–Kier alpha value is -2.25. The van der Waals surface area contributed by atoms with E-state index < -0.39 is 10.0 Å². The molecular weight excluding hydrogens is 400 g/mol. The van der Waals surface area contributed by atoms with Gasteiger partial charge < -0.3 is 9.64 Å². The van der Waals surface area contributed by atoms with E-state index in [4.69, 9.17) is 16.3 Å². The molecule has 1 saturated heterocycles. The summed E-state index contributed by atoms with van der Waals surface area (Å²) in [4.78, 5) is 14.8. The fourth-order valence-corrected chi connectivity index (χ4v) is 4.02. The van der Waals surface area contributed by atoms with Gasteiger partial charge in [0.2, 0.25) is 10.0 Å². The van der Waals surface area contributed by atoms with Crippen LogP contribution in [0.3, 0.4) is 0 Å². The third kappa shape index (κ3) is 5.62. The second-order valence-corrected chi connectivity index (χ2v) is 9.13. The van der Waals surface area contributed by atoms with Crippen LogP contribution in [-0.4, -0.2) is 45.2 Å². The molecule has 1 amide bonds. The average Bonchev–Trinajstić information content (AvgIpc) is 2.67. The van der Waals surface area contributed by atoms with Gasteiger partial charge in [-0.05, 0) is 43.2 Å². The van der Waals surface area contributed by atoms with Crippen molar-refractivity contribution in [1.29, 1.82) is 0 Å². The number of carbonyl (C=O) groups excluding carboxylic acids is 1. The number of anilines is 1. The number of amides is 1. The molecule has 8 heteroatoms. The van der Waals surface area contributed by atoms with Crippen molar-refractivity contribution in [2.45, 2.75) is 12.8 Å². The quantitative estimate of drug-likeness (QED) is 0.771. The summed E-state index contributed by atoms with van der Waals surface area (Å²) in [6, 6.07) is 14.1. The highest BCUT2D eigenvalue weighted by atomic mass is 35.5. The lowest BCUT2D eigenvalue weighted by atomic mass is 9.98. The molecule has 0 saturated carbocycles. The van der Waals surface area contributed by atoms with Crippen LogP contribution in [-0.2, 0) is 10.0 Å². The number of piperidine rings is 1. The van der Waals surface area contributed by atoms with Gasteiger partial charge in [0.15, 0.2) is 0 Å². The van der Waals surface area contributed by atoms with Gasteiger partial charge in [-0.2, -0.15) is 0 Å². The Morgan fingerprint density at radius 2 is 2.00 bits per heavy atom. The molecule has 0 bridgehead atoms. The highest BCUT2D eigenvalue weighted by molar-refractivity contribution is 7.92. The predicted molar refractivity (Wildman–Crippen MR) is 110 cm³/mol. The Morgan fingerprint density at radius 1 is 1.25 bits per heavy atom. The predicted octanol–water partition coefficient (Wildman–Crippen LogP) is 3.64. The van der Waals surface area contributed by atoms with Gasteiger partial charge in [0.1, 0.15) is 5.75 Å². The molecule has 2 aromatic carbocycles. The van der Waals surface area contributed by atoms with Crippen LogP contribution in [0.15, 0.2) is 48.5 Å². The van der Waals surface area contributed by atoms with Gasteiger partial charge in [-0.1, -0.05) is 29.8 Å². The molecule has 2 aromatic rings. The standard InChI is InChI=1S/C20H23ClN2O4S/c1-28(25,26)22-19-10-9-16(21)12-18(19)20(24)23-11-5-6-15(13-23)14-27-17-7-3-2-4-8-17/h2-4,7-10,12,15,22H,5-6,11,13-14H2,1H3. The SMILES string of the molecule is CS(=O)(=O)Nc1ccc(Cl)cc1C(=O)N1CCCC(COc2ccccc2)C1. The minimum absolute atomic E-state index is 0.211. The third-order valence-electron chi connectivity index (χ3n) is 4.54. The molecule has 1 unspecified atom stereocenters. The van der Waals surface area contributed by atoms with Gasteiger partial charge >= 0.3 is 0 Å². The monoisotopic (exact) mass is 422 g/mol. The second kappa shape index (κ2) is 8.84. The number of rotatable bonds is 6. The van der Waals surface area contributed by atoms with Crippen molar-refractivity contribution in [3.63, 3.8) is 0 Å².